The van der Waals surface area contributed by atoms with E-state index in [1.807, 2.05) is 32.0 Å². The number of rotatable bonds is 2. The fourth-order valence-electron chi connectivity index (χ4n) is 1.88. The quantitative estimate of drug-likeness (QED) is 0.729. The second-order valence-electron chi connectivity index (χ2n) is 4.31. The van der Waals surface area contributed by atoms with Crippen LogP contribution in [0, 0.1) is 25.5 Å². The van der Waals surface area contributed by atoms with Crippen LogP contribution in [0.15, 0.2) is 36.4 Å². The van der Waals surface area contributed by atoms with Crippen molar-refractivity contribution in [3.8, 4) is 0 Å². The van der Waals surface area contributed by atoms with E-state index >= 15 is 0 Å². The zero-order valence-electron chi connectivity index (χ0n) is 9.93. The summed E-state index contributed by atoms with van der Waals surface area (Å²) in [6.45, 7) is 3.92. The third kappa shape index (κ3) is 2.52. The highest BCUT2D eigenvalue weighted by molar-refractivity contribution is 5.35. The van der Waals surface area contributed by atoms with Gasteiger partial charge >= 0.3 is 0 Å². The summed E-state index contributed by atoms with van der Waals surface area (Å²) in [6.07, 6.45) is 0.298. The van der Waals surface area contributed by atoms with Gasteiger partial charge in [-0.15, -0.1) is 0 Å². The number of aryl methyl sites for hydroxylation is 2. The first-order valence-corrected chi connectivity index (χ1v) is 5.57. The number of halogens is 2. The summed E-state index contributed by atoms with van der Waals surface area (Å²) in [6, 6.07) is 9.92. The maximum Gasteiger partial charge on any atom is 0.129 e. The molecule has 2 rings (SSSR count). The molecule has 0 radical (unpaired) electrons. The highest BCUT2D eigenvalue weighted by Crippen LogP contribution is 2.20. The Morgan fingerprint density at radius 1 is 0.941 bits per heavy atom. The lowest BCUT2D eigenvalue weighted by molar-refractivity contribution is 0.561. The zero-order valence-corrected chi connectivity index (χ0v) is 9.93. The van der Waals surface area contributed by atoms with Crippen LogP contribution in [0.25, 0.3) is 0 Å². The van der Waals surface area contributed by atoms with Crippen LogP contribution in [-0.2, 0) is 6.42 Å². The van der Waals surface area contributed by atoms with E-state index in [4.69, 9.17) is 0 Å². The van der Waals surface area contributed by atoms with Crippen LogP contribution in [0.2, 0.25) is 0 Å². The third-order valence-electron chi connectivity index (χ3n) is 2.93. The molecule has 0 unspecified atom stereocenters. The van der Waals surface area contributed by atoms with Gasteiger partial charge in [-0.05, 0) is 37.1 Å². The van der Waals surface area contributed by atoms with Crippen molar-refractivity contribution in [2.24, 2.45) is 0 Å². The predicted molar refractivity (Wildman–Crippen MR) is 65.1 cm³/mol. The molecule has 0 atom stereocenters. The van der Waals surface area contributed by atoms with E-state index in [0.29, 0.717) is 6.42 Å². The highest BCUT2D eigenvalue weighted by Gasteiger charge is 2.10. The minimum atomic E-state index is -0.481. The minimum Gasteiger partial charge on any atom is -0.207 e. The average molecular weight is 232 g/mol. The van der Waals surface area contributed by atoms with Gasteiger partial charge < -0.3 is 0 Å². The van der Waals surface area contributed by atoms with Gasteiger partial charge in [0.15, 0.2) is 0 Å². The summed E-state index contributed by atoms with van der Waals surface area (Å²) in [7, 11) is 0. The molecular formula is C15H14F2. The van der Waals surface area contributed by atoms with Gasteiger partial charge in [-0.1, -0.05) is 29.8 Å². The molecule has 2 heteroatoms. The Bertz CT molecular complexity index is 524. The van der Waals surface area contributed by atoms with Gasteiger partial charge in [0.05, 0.1) is 0 Å². The van der Waals surface area contributed by atoms with Crippen LogP contribution in [0.4, 0.5) is 8.78 Å². The molecule has 2 aromatic rings. The molecule has 0 saturated heterocycles. The van der Waals surface area contributed by atoms with Crippen molar-refractivity contribution < 1.29 is 8.78 Å². The monoisotopic (exact) mass is 232 g/mol. The molecule has 0 N–H and O–H groups in total. The Labute approximate surface area is 99.9 Å². The summed E-state index contributed by atoms with van der Waals surface area (Å²) in [4.78, 5) is 0. The SMILES string of the molecule is Cc1ccc(C)c(Cc2c(F)cccc2F)c1. The molecule has 0 spiro atoms. The van der Waals surface area contributed by atoms with E-state index in [1.54, 1.807) is 0 Å². The van der Waals surface area contributed by atoms with E-state index in [9.17, 15) is 8.78 Å². The predicted octanol–water partition coefficient (Wildman–Crippen LogP) is 4.17. The smallest absolute Gasteiger partial charge is 0.129 e. The molecule has 2 aromatic carbocycles. The minimum absolute atomic E-state index is 0.140. The van der Waals surface area contributed by atoms with E-state index in [0.717, 1.165) is 16.7 Å². The maximum absolute atomic E-state index is 13.5. The van der Waals surface area contributed by atoms with E-state index in [1.165, 1.54) is 18.2 Å². The average Bonchev–Trinajstić information content (AvgIpc) is 2.28. The van der Waals surface area contributed by atoms with Gasteiger partial charge in [0.25, 0.3) is 0 Å². The van der Waals surface area contributed by atoms with Gasteiger partial charge in [0.2, 0.25) is 0 Å². The van der Waals surface area contributed by atoms with Crippen molar-refractivity contribution in [2.45, 2.75) is 20.3 Å². The van der Waals surface area contributed by atoms with Gasteiger partial charge in [0.1, 0.15) is 11.6 Å². The zero-order chi connectivity index (χ0) is 12.4. The molecule has 0 aliphatic carbocycles. The first kappa shape index (κ1) is 11.8. The maximum atomic E-state index is 13.5. The fourth-order valence-corrected chi connectivity index (χ4v) is 1.88. The molecule has 17 heavy (non-hydrogen) atoms. The molecule has 0 saturated carbocycles. The Kier molecular flexibility index (Phi) is 3.23. The molecule has 0 amide bonds. The van der Waals surface area contributed by atoms with Crippen molar-refractivity contribution in [2.75, 3.05) is 0 Å². The van der Waals surface area contributed by atoms with Crippen molar-refractivity contribution in [1.82, 2.24) is 0 Å². The molecule has 0 bridgehead atoms. The lowest BCUT2D eigenvalue weighted by Gasteiger charge is -2.09. The molecule has 0 nitrogen and oxygen atoms in total. The fraction of sp³-hybridized carbons (Fsp3) is 0.200. The standard InChI is InChI=1S/C15H14F2/c1-10-6-7-11(2)12(8-10)9-13-14(16)4-3-5-15(13)17/h3-8H,9H2,1-2H3. The number of benzene rings is 2. The Morgan fingerprint density at radius 2 is 1.59 bits per heavy atom. The van der Waals surface area contributed by atoms with Crippen molar-refractivity contribution in [1.29, 1.82) is 0 Å². The van der Waals surface area contributed by atoms with Crippen LogP contribution in [0.5, 0.6) is 0 Å². The van der Waals surface area contributed by atoms with E-state index < -0.39 is 11.6 Å². The molecule has 0 aromatic heterocycles. The second-order valence-corrected chi connectivity index (χ2v) is 4.31. The lowest BCUT2D eigenvalue weighted by Crippen LogP contribution is -1.99. The van der Waals surface area contributed by atoms with Crippen LogP contribution in [0.3, 0.4) is 0 Å². The van der Waals surface area contributed by atoms with Gasteiger partial charge in [-0.3, -0.25) is 0 Å². The Balaban J connectivity index is 2.41. The van der Waals surface area contributed by atoms with E-state index in [2.05, 4.69) is 0 Å². The van der Waals surface area contributed by atoms with Crippen molar-refractivity contribution in [3.63, 3.8) is 0 Å². The molecule has 0 fully saturated rings. The summed E-state index contributed by atoms with van der Waals surface area (Å²) in [5, 5.41) is 0. The Morgan fingerprint density at radius 3 is 2.24 bits per heavy atom. The van der Waals surface area contributed by atoms with Crippen LogP contribution < -0.4 is 0 Å². The number of hydrogen-bond acceptors (Lipinski definition) is 0. The first-order chi connectivity index (χ1) is 8.08. The van der Waals surface area contributed by atoms with Crippen LogP contribution in [-0.4, -0.2) is 0 Å². The van der Waals surface area contributed by atoms with Gasteiger partial charge in [0, 0.05) is 12.0 Å². The molecule has 0 heterocycles. The largest absolute Gasteiger partial charge is 0.207 e. The molecule has 88 valence electrons. The highest BCUT2D eigenvalue weighted by atomic mass is 19.1. The van der Waals surface area contributed by atoms with Gasteiger partial charge in [-0.25, -0.2) is 8.78 Å². The Hall–Kier alpha value is -1.70. The summed E-state index contributed by atoms with van der Waals surface area (Å²) < 4.78 is 27.1. The normalized spacial score (nSPS) is 10.6. The van der Waals surface area contributed by atoms with Crippen molar-refractivity contribution >= 4 is 0 Å². The van der Waals surface area contributed by atoms with Gasteiger partial charge in [-0.2, -0.15) is 0 Å². The third-order valence-corrected chi connectivity index (χ3v) is 2.93. The van der Waals surface area contributed by atoms with Crippen LogP contribution in [0.1, 0.15) is 22.3 Å². The topological polar surface area (TPSA) is 0 Å². The van der Waals surface area contributed by atoms with Crippen molar-refractivity contribution in [3.05, 3.63) is 70.3 Å². The molecule has 0 aliphatic rings. The molecule has 0 aliphatic heterocycles. The summed E-state index contributed by atoms with van der Waals surface area (Å²) >= 11 is 0. The molecular weight excluding hydrogens is 218 g/mol. The second kappa shape index (κ2) is 4.66. The summed E-state index contributed by atoms with van der Waals surface area (Å²) in [5.74, 6) is -0.961. The van der Waals surface area contributed by atoms with Crippen LogP contribution >= 0.6 is 0 Å². The summed E-state index contributed by atoms with van der Waals surface area (Å²) in [5.41, 5.74) is 3.26. The first-order valence-electron chi connectivity index (χ1n) is 5.57. The van der Waals surface area contributed by atoms with E-state index in [-0.39, 0.29) is 5.56 Å². The number of hydrogen-bond donors (Lipinski definition) is 0. The lowest BCUT2D eigenvalue weighted by atomic mass is 9.98.